The fourth-order valence-electron chi connectivity index (χ4n) is 2.37. The molecule has 2 rings (SSSR count). The minimum atomic E-state index is -4.29. The Hall–Kier alpha value is -0.710. The standard InChI is InChI=1S/C13H15BrF3N/c1-8-2-4-10(6-8)18-12-5-3-9(7-11(12)14)13(15,16)17/h3,5,7-8,10,18H,2,4,6H2,1H3. The van der Waals surface area contributed by atoms with Crippen LogP contribution in [0.2, 0.25) is 0 Å². The molecule has 0 saturated heterocycles. The van der Waals surface area contributed by atoms with Gasteiger partial charge in [0.2, 0.25) is 0 Å². The van der Waals surface area contributed by atoms with E-state index in [0.717, 1.165) is 30.7 Å². The van der Waals surface area contributed by atoms with E-state index in [0.29, 0.717) is 16.4 Å². The van der Waals surface area contributed by atoms with Crippen molar-refractivity contribution in [3.05, 3.63) is 28.2 Å². The Balaban J connectivity index is 2.10. The topological polar surface area (TPSA) is 12.0 Å². The highest BCUT2D eigenvalue weighted by Gasteiger charge is 2.31. The maximum atomic E-state index is 12.5. The molecule has 1 aromatic rings. The lowest BCUT2D eigenvalue weighted by Gasteiger charge is -2.16. The number of alkyl halides is 3. The Kier molecular flexibility index (Phi) is 3.90. The first-order valence-electron chi connectivity index (χ1n) is 5.99. The highest BCUT2D eigenvalue weighted by molar-refractivity contribution is 9.10. The molecule has 1 nitrogen and oxygen atoms in total. The van der Waals surface area contributed by atoms with Gasteiger partial charge in [-0.05, 0) is 59.3 Å². The van der Waals surface area contributed by atoms with Crippen LogP contribution in [-0.4, -0.2) is 6.04 Å². The van der Waals surface area contributed by atoms with Crippen LogP contribution >= 0.6 is 15.9 Å². The van der Waals surface area contributed by atoms with E-state index in [1.807, 2.05) is 0 Å². The zero-order chi connectivity index (χ0) is 13.3. The molecule has 1 aliphatic rings. The molecule has 1 aliphatic carbocycles. The summed E-state index contributed by atoms with van der Waals surface area (Å²) >= 11 is 3.20. The largest absolute Gasteiger partial charge is 0.416 e. The van der Waals surface area contributed by atoms with Gasteiger partial charge in [0, 0.05) is 16.2 Å². The summed E-state index contributed by atoms with van der Waals surface area (Å²) in [6.45, 7) is 2.20. The fraction of sp³-hybridized carbons (Fsp3) is 0.538. The highest BCUT2D eigenvalue weighted by atomic mass is 79.9. The van der Waals surface area contributed by atoms with E-state index in [-0.39, 0.29) is 0 Å². The molecule has 0 aromatic heterocycles. The van der Waals surface area contributed by atoms with Crippen molar-refractivity contribution >= 4 is 21.6 Å². The summed E-state index contributed by atoms with van der Waals surface area (Å²) in [7, 11) is 0. The Morgan fingerprint density at radius 1 is 1.28 bits per heavy atom. The summed E-state index contributed by atoms with van der Waals surface area (Å²) in [6, 6.07) is 4.11. The zero-order valence-electron chi connectivity index (χ0n) is 10.0. The van der Waals surface area contributed by atoms with Gasteiger partial charge in [-0.3, -0.25) is 0 Å². The third-order valence-corrected chi connectivity index (χ3v) is 4.01. The normalized spacial score (nSPS) is 24.3. The Morgan fingerprint density at radius 2 is 2.00 bits per heavy atom. The van der Waals surface area contributed by atoms with Crippen LogP contribution in [0.25, 0.3) is 0 Å². The summed E-state index contributed by atoms with van der Waals surface area (Å²) in [5, 5.41) is 3.30. The van der Waals surface area contributed by atoms with Crippen LogP contribution in [0.4, 0.5) is 18.9 Å². The van der Waals surface area contributed by atoms with Gasteiger partial charge in [0.05, 0.1) is 5.56 Å². The molecule has 0 heterocycles. The maximum Gasteiger partial charge on any atom is 0.416 e. The van der Waals surface area contributed by atoms with Gasteiger partial charge in [0.1, 0.15) is 0 Å². The van der Waals surface area contributed by atoms with Crippen LogP contribution in [0, 0.1) is 5.92 Å². The average Bonchev–Trinajstić information content (AvgIpc) is 2.65. The number of anilines is 1. The van der Waals surface area contributed by atoms with Gasteiger partial charge in [-0.25, -0.2) is 0 Å². The summed E-state index contributed by atoms with van der Waals surface area (Å²) in [5.74, 6) is 0.690. The Bertz CT molecular complexity index is 431. The number of halogens is 4. The molecule has 2 unspecified atom stereocenters. The van der Waals surface area contributed by atoms with E-state index in [4.69, 9.17) is 0 Å². The smallest absolute Gasteiger partial charge is 0.381 e. The van der Waals surface area contributed by atoms with Crippen LogP contribution in [-0.2, 0) is 6.18 Å². The molecule has 18 heavy (non-hydrogen) atoms. The summed E-state index contributed by atoms with van der Waals surface area (Å²) in [6.07, 6.45) is -0.957. The molecule has 0 aliphatic heterocycles. The summed E-state index contributed by atoms with van der Waals surface area (Å²) in [5.41, 5.74) is 0.113. The van der Waals surface area contributed by atoms with Gasteiger partial charge < -0.3 is 5.32 Å². The van der Waals surface area contributed by atoms with E-state index >= 15 is 0 Å². The van der Waals surface area contributed by atoms with Crippen molar-refractivity contribution in [3.8, 4) is 0 Å². The molecule has 5 heteroatoms. The molecule has 0 radical (unpaired) electrons. The molecule has 0 amide bonds. The second kappa shape index (κ2) is 5.11. The molecule has 1 saturated carbocycles. The van der Waals surface area contributed by atoms with E-state index in [9.17, 15) is 13.2 Å². The molecule has 1 aromatic carbocycles. The highest BCUT2D eigenvalue weighted by Crippen LogP contribution is 2.35. The monoisotopic (exact) mass is 321 g/mol. The third-order valence-electron chi connectivity index (χ3n) is 3.35. The quantitative estimate of drug-likeness (QED) is 0.802. The molecule has 2 atom stereocenters. The Labute approximate surface area is 113 Å². The molecular formula is C13H15BrF3N. The molecule has 0 spiro atoms. The Morgan fingerprint density at radius 3 is 2.50 bits per heavy atom. The summed E-state index contributed by atoms with van der Waals surface area (Å²) in [4.78, 5) is 0. The predicted octanol–water partition coefficient (Wildman–Crippen LogP) is 5.07. The average molecular weight is 322 g/mol. The SMILES string of the molecule is CC1CCC(Nc2ccc(C(F)(F)F)cc2Br)C1. The first-order valence-corrected chi connectivity index (χ1v) is 6.79. The lowest BCUT2D eigenvalue weighted by molar-refractivity contribution is -0.137. The van der Waals surface area contributed by atoms with Crippen LogP contribution in [0.5, 0.6) is 0 Å². The van der Waals surface area contributed by atoms with Gasteiger partial charge in [-0.1, -0.05) is 6.92 Å². The lowest BCUT2D eigenvalue weighted by atomic mass is 10.1. The van der Waals surface area contributed by atoms with E-state index < -0.39 is 11.7 Å². The van der Waals surface area contributed by atoms with Crippen molar-refractivity contribution in [3.63, 3.8) is 0 Å². The third kappa shape index (κ3) is 3.19. The van der Waals surface area contributed by atoms with Gasteiger partial charge in [0.15, 0.2) is 0 Å². The minimum absolute atomic E-state index is 0.369. The van der Waals surface area contributed by atoms with Gasteiger partial charge in [0.25, 0.3) is 0 Å². The van der Waals surface area contributed by atoms with Crippen molar-refractivity contribution in [2.45, 2.75) is 38.4 Å². The fourth-order valence-corrected chi connectivity index (χ4v) is 2.86. The van der Waals surface area contributed by atoms with E-state index in [2.05, 4.69) is 28.2 Å². The van der Waals surface area contributed by atoms with Crippen molar-refractivity contribution in [1.82, 2.24) is 0 Å². The van der Waals surface area contributed by atoms with E-state index in [1.54, 1.807) is 0 Å². The van der Waals surface area contributed by atoms with Crippen molar-refractivity contribution in [2.75, 3.05) is 5.32 Å². The van der Waals surface area contributed by atoms with Crippen LogP contribution < -0.4 is 5.32 Å². The predicted molar refractivity (Wildman–Crippen MR) is 69.6 cm³/mol. The van der Waals surface area contributed by atoms with Crippen LogP contribution in [0.15, 0.2) is 22.7 Å². The number of rotatable bonds is 2. The first-order chi connectivity index (χ1) is 8.36. The van der Waals surface area contributed by atoms with Crippen molar-refractivity contribution < 1.29 is 13.2 Å². The molecule has 1 N–H and O–H groups in total. The second-order valence-corrected chi connectivity index (χ2v) is 5.81. The molecule has 1 fully saturated rings. The minimum Gasteiger partial charge on any atom is -0.381 e. The zero-order valence-corrected chi connectivity index (χ0v) is 11.6. The molecular weight excluding hydrogens is 307 g/mol. The van der Waals surface area contributed by atoms with Crippen LogP contribution in [0.1, 0.15) is 31.7 Å². The first kappa shape index (κ1) is 13.7. The number of nitrogens with one attached hydrogen (secondary N) is 1. The lowest BCUT2D eigenvalue weighted by Crippen LogP contribution is -2.16. The molecule has 100 valence electrons. The van der Waals surface area contributed by atoms with Gasteiger partial charge in [-0.2, -0.15) is 13.2 Å². The van der Waals surface area contributed by atoms with E-state index in [1.165, 1.54) is 12.5 Å². The maximum absolute atomic E-state index is 12.5. The second-order valence-electron chi connectivity index (χ2n) is 4.95. The van der Waals surface area contributed by atoms with Crippen molar-refractivity contribution in [1.29, 1.82) is 0 Å². The van der Waals surface area contributed by atoms with Crippen molar-refractivity contribution in [2.24, 2.45) is 5.92 Å². The number of benzene rings is 1. The van der Waals surface area contributed by atoms with Crippen LogP contribution in [0.3, 0.4) is 0 Å². The van der Waals surface area contributed by atoms with Gasteiger partial charge >= 0.3 is 6.18 Å². The number of hydrogen-bond donors (Lipinski definition) is 1. The molecule has 0 bridgehead atoms. The number of hydrogen-bond acceptors (Lipinski definition) is 1. The summed E-state index contributed by atoms with van der Waals surface area (Å²) < 4.78 is 38.0. The van der Waals surface area contributed by atoms with Gasteiger partial charge in [-0.15, -0.1) is 0 Å².